The van der Waals surface area contributed by atoms with Crippen molar-refractivity contribution in [3.8, 4) is 0 Å². The van der Waals surface area contributed by atoms with Gasteiger partial charge in [0.15, 0.2) is 0 Å². The van der Waals surface area contributed by atoms with Crippen LogP contribution in [-0.4, -0.2) is 48.7 Å². The minimum absolute atomic E-state index is 0.578. The van der Waals surface area contributed by atoms with E-state index in [0.717, 1.165) is 6.54 Å². The van der Waals surface area contributed by atoms with Gasteiger partial charge in [-0.3, -0.25) is 14.6 Å². The van der Waals surface area contributed by atoms with Crippen molar-refractivity contribution in [3.05, 3.63) is 0 Å². The number of hydrogen-bond donors (Lipinski definition) is 1. The van der Waals surface area contributed by atoms with Crippen LogP contribution in [0.1, 0.15) is 0 Å². The molecule has 5 nitrogen and oxygen atoms in total. The molecule has 0 unspecified atom stereocenters. The highest BCUT2D eigenvalue weighted by Gasteiger charge is 2.19. The van der Waals surface area contributed by atoms with E-state index in [1.807, 2.05) is 11.9 Å². The van der Waals surface area contributed by atoms with E-state index >= 15 is 0 Å². The molecule has 1 heterocycles. The molecule has 1 aliphatic heterocycles. The molecule has 1 aliphatic rings. The fourth-order valence-electron chi connectivity index (χ4n) is 1.01. The van der Waals surface area contributed by atoms with E-state index in [4.69, 9.17) is 5.84 Å². The lowest BCUT2D eigenvalue weighted by Crippen LogP contribution is -2.48. The maximum Gasteiger partial charge on any atom is 0.317 e. The van der Waals surface area contributed by atoms with Crippen molar-refractivity contribution in [1.82, 2.24) is 9.80 Å². The Labute approximate surface area is 65.4 Å². The summed E-state index contributed by atoms with van der Waals surface area (Å²) in [5, 5.41) is 3.49. The van der Waals surface area contributed by atoms with Crippen molar-refractivity contribution in [2.45, 2.75) is 0 Å². The molecule has 0 saturated carbocycles. The van der Waals surface area contributed by atoms with E-state index in [-0.39, 0.29) is 0 Å². The van der Waals surface area contributed by atoms with E-state index in [1.54, 1.807) is 6.41 Å². The molecular weight excluding hydrogens is 144 g/mol. The molecule has 0 atom stereocenters. The first kappa shape index (κ1) is 8.00. The molecule has 0 bridgehead atoms. The molecule has 2 N–H and O–H groups in total. The Bertz CT molecular complexity index is 179. The average molecular weight is 155 g/mol. The third kappa shape index (κ3) is 1.68. The van der Waals surface area contributed by atoms with Gasteiger partial charge in [-0.2, -0.15) is 5.10 Å². The molecule has 0 aliphatic carbocycles. The molecule has 61 valence electrons. The zero-order valence-electron chi connectivity index (χ0n) is 6.45. The van der Waals surface area contributed by atoms with Gasteiger partial charge < -0.3 is 5.84 Å². The highest BCUT2D eigenvalue weighted by molar-refractivity contribution is 5.92. The Morgan fingerprint density at radius 1 is 1.64 bits per heavy atom. The molecule has 0 aromatic rings. The summed E-state index contributed by atoms with van der Waals surface area (Å²) in [6.07, 6.45) is 1.77. The van der Waals surface area contributed by atoms with Gasteiger partial charge in [0.05, 0.1) is 6.54 Å². The van der Waals surface area contributed by atoms with Gasteiger partial charge >= 0.3 is 6.41 Å². The van der Waals surface area contributed by atoms with Crippen molar-refractivity contribution >= 4 is 12.2 Å². The summed E-state index contributed by atoms with van der Waals surface area (Å²) in [6.45, 7) is 2.08. The van der Waals surface area contributed by atoms with Crippen LogP contribution in [0.25, 0.3) is 0 Å². The second-order valence-electron chi connectivity index (χ2n) is 2.53. The van der Waals surface area contributed by atoms with Crippen LogP contribution in [0.4, 0.5) is 0 Å². The van der Waals surface area contributed by atoms with E-state index in [1.165, 1.54) is 4.90 Å². The summed E-state index contributed by atoms with van der Waals surface area (Å²) in [5.74, 6) is 5.65. The lowest BCUT2D eigenvalue weighted by atomic mass is 10.3. The summed E-state index contributed by atoms with van der Waals surface area (Å²) in [4.78, 5) is 13.7. The van der Waals surface area contributed by atoms with Gasteiger partial charge in [-0.15, -0.1) is 0 Å². The Morgan fingerprint density at radius 2 is 2.36 bits per heavy atom. The van der Waals surface area contributed by atoms with E-state index in [9.17, 15) is 4.79 Å². The fraction of sp³-hybridized carbons (Fsp3) is 0.667. The van der Waals surface area contributed by atoms with Crippen LogP contribution in [0, 0.1) is 0 Å². The summed E-state index contributed by atoms with van der Waals surface area (Å²) < 4.78 is 0. The van der Waals surface area contributed by atoms with Crippen LogP contribution in [0.3, 0.4) is 0 Å². The Hall–Kier alpha value is -1.10. The molecule has 1 amide bonds. The average Bonchev–Trinajstić information content (AvgIpc) is 2.04. The van der Waals surface area contributed by atoms with Crippen molar-refractivity contribution in [2.75, 3.05) is 26.7 Å². The topological polar surface area (TPSA) is 61.9 Å². The van der Waals surface area contributed by atoms with Crippen molar-refractivity contribution in [1.29, 1.82) is 0 Å². The number of likely N-dealkylation sites (N-methyl/N-ethyl adjacent to an activating group) is 1. The second kappa shape index (κ2) is 3.34. The zero-order valence-corrected chi connectivity index (χ0v) is 6.45. The van der Waals surface area contributed by atoms with Crippen LogP contribution < -0.4 is 5.84 Å². The summed E-state index contributed by atoms with van der Waals surface area (Å²) in [6, 6.07) is 0. The number of nitrogens with two attached hydrogens (primary N) is 1. The van der Waals surface area contributed by atoms with E-state index in [2.05, 4.69) is 5.10 Å². The standard InChI is InChI=1S/C6H11N4O/c1-9-2-3-10(5-11)6(4-9)8-7/h2-4,7H2,1H3. The van der Waals surface area contributed by atoms with Gasteiger partial charge in [0.25, 0.3) is 0 Å². The number of hydrazone groups is 1. The third-order valence-corrected chi connectivity index (χ3v) is 1.69. The van der Waals surface area contributed by atoms with Gasteiger partial charge in [-0.25, -0.2) is 0 Å². The number of nitrogens with zero attached hydrogens (tertiary/aromatic N) is 3. The summed E-state index contributed by atoms with van der Waals surface area (Å²) in [5.41, 5.74) is 0. The SMILES string of the molecule is CN1CCN([C]=O)C(=NN)C1. The molecule has 0 aromatic carbocycles. The highest BCUT2D eigenvalue weighted by atomic mass is 16.1. The molecule has 0 spiro atoms. The number of hydrogen-bond acceptors (Lipinski definition) is 4. The minimum Gasteiger partial charge on any atom is -0.322 e. The minimum atomic E-state index is 0.578. The number of amidine groups is 1. The second-order valence-corrected chi connectivity index (χ2v) is 2.53. The smallest absolute Gasteiger partial charge is 0.317 e. The Morgan fingerprint density at radius 3 is 2.91 bits per heavy atom. The van der Waals surface area contributed by atoms with E-state index in [0.29, 0.717) is 18.9 Å². The molecular formula is C6H11N4O. The molecule has 0 aromatic heterocycles. The summed E-state index contributed by atoms with van der Waals surface area (Å²) >= 11 is 0. The predicted molar refractivity (Wildman–Crippen MR) is 41.5 cm³/mol. The first-order valence-electron chi connectivity index (χ1n) is 3.38. The molecule has 1 fully saturated rings. The summed E-state index contributed by atoms with van der Waals surface area (Å²) in [7, 11) is 1.95. The van der Waals surface area contributed by atoms with E-state index < -0.39 is 0 Å². The first-order chi connectivity index (χ1) is 5.27. The number of piperazine rings is 1. The van der Waals surface area contributed by atoms with Crippen molar-refractivity contribution in [2.24, 2.45) is 10.9 Å². The molecule has 1 radical (unpaired) electrons. The predicted octanol–water partition coefficient (Wildman–Crippen LogP) is -1.43. The highest BCUT2D eigenvalue weighted by Crippen LogP contribution is 1.98. The first-order valence-corrected chi connectivity index (χ1v) is 3.38. The lowest BCUT2D eigenvalue weighted by molar-refractivity contribution is 0.306. The van der Waals surface area contributed by atoms with Crippen molar-refractivity contribution in [3.63, 3.8) is 0 Å². The quantitative estimate of drug-likeness (QED) is 0.373. The normalized spacial score (nSPS) is 24.1. The maximum atomic E-state index is 10.3. The van der Waals surface area contributed by atoms with Crippen LogP contribution >= 0.6 is 0 Å². The van der Waals surface area contributed by atoms with Gasteiger partial charge in [0, 0.05) is 13.1 Å². The largest absolute Gasteiger partial charge is 0.322 e. The van der Waals surface area contributed by atoms with Crippen LogP contribution in [0.2, 0.25) is 0 Å². The lowest BCUT2D eigenvalue weighted by Gasteiger charge is -2.29. The van der Waals surface area contributed by atoms with Crippen LogP contribution in [-0.2, 0) is 4.79 Å². The third-order valence-electron chi connectivity index (χ3n) is 1.69. The molecule has 11 heavy (non-hydrogen) atoms. The monoisotopic (exact) mass is 155 g/mol. The number of carbonyl (C=O) groups excluding carboxylic acids is 1. The number of amides is 1. The maximum absolute atomic E-state index is 10.3. The molecule has 1 rings (SSSR count). The Kier molecular flexibility index (Phi) is 2.43. The van der Waals surface area contributed by atoms with Gasteiger partial charge in [0.2, 0.25) is 0 Å². The van der Waals surface area contributed by atoms with Gasteiger partial charge in [-0.05, 0) is 7.05 Å². The zero-order chi connectivity index (χ0) is 8.27. The van der Waals surface area contributed by atoms with Crippen LogP contribution in [0.5, 0.6) is 0 Å². The fourth-order valence-corrected chi connectivity index (χ4v) is 1.01. The van der Waals surface area contributed by atoms with Crippen molar-refractivity contribution < 1.29 is 4.79 Å². The number of rotatable bonds is 1. The Balaban J connectivity index is 2.63. The van der Waals surface area contributed by atoms with Gasteiger partial charge in [-0.1, -0.05) is 0 Å². The molecule has 1 saturated heterocycles. The van der Waals surface area contributed by atoms with Crippen LogP contribution in [0.15, 0.2) is 5.10 Å². The molecule has 5 heteroatoms. The van der Waals surface area contributed by atoms with Gasteiger partial charge in [0.1, 0.15) is 5.84 Å².